The predicted octanol–water partition coefficient (Wildman–Crippen LogP) is 3.27. The zero-order chi connectivity index (χ0) is 15.9. The Balaban J connectivity index is 1.85. The van der Waals surface area contributed by atoms with E-state index in [-0.39, 0.29) is 0 Å². The molecule has 1 aromatic rings. The first kappa shape index (κ1) is 16.8. The number of likely N-dealkylation sites (tertiary alicyclic amines) is 1. The lowest BCUT2D eigenvalue weighted by Gasteiger charge is -2.28. The highest BCUT2D eigenvalue weighted by Gasteiger charge is 2.16. The van der Waals surface area contributed by atoms with E-state index >= 15 is 0 Å². The van der Waals surface area contributed by atoms with Crippen LogP contribution in [0.2, 0.25) is 0 Å². The molecule has 0 aromatic heterocycles. The summed E-state index contributed by atoms with van der Waals surface area (Å²) in [6.07, 6.45) is 3.68. The Hall–Kier alpha value is -1.55. The van der Waals surface area contributed by atoms with Crippen LogP contribution in [0.5, 0.6) is 0 Å². The van der Waals surface area contributed by atoms with Crippen molar-refractivity contribution in [2.75, 3.05) is 32.0 Å². The van der Waals surface area contributed by atoms with E-state index in [1.807, 2.05) is 0 Å². The SMILES string of the molecule is CCC(C)c1ccc(NC(N)=NCC2CCCN(C)C2)cc1. The molecule has 2 rings (SSSR count). The summed E-state index contributed by atoms with van der Waals surface area (Å²) in [5.74, 6) is 1.75. The number of benzene rings is 1. The Labute approximate surface area is 134 Å². The van der Waals surface area contributed by atoms with Gasteiger partial charge in [0.05, 0.1) is 0 Å². The van der Waals surface area contributed by atoms with Crippen LogP contribution in [0.3, 0.4) is 0 Å². The van der Waals surface area contributed by atoms with Crippen molar-refractivity contribution in [3.63, 3.8) is 0 Å². The lowest BCUT2D eigenvalue weighted by atomic mass is 9.98. The number of rotatable bonds is 5. The topological polar surface area (TPSA) is 53.6 Å². The zero-order valence-electron chi connectivity index (χ0n) is 14.2. The van der Waals surface area contributed by atoms with Crippen LogP contribution >= 0.6 is 0 Å². The molecule has 4 nitrogen and oxygen atoms in total. The van der Waals surface area contributed by atoms with Crippen molar-refractivity contribution in [3.8, 4) is 0 Å². The Bertz CT molecular complexity index is 480. The number of nitrogens with two attached hydrogens (primary N) is 1. The van der Waals surface area contributed by atoms with Crippen LogP contribution in [0.1, 0.15) is 44.6 Å². The molecule has 3 N–H and O–H groups in total. The van der Waals surface area contributed by atoms with Crippen molar-refractivity contribution in [2.24, 2.45) is 16.6 Å². The van der Waals surface area contributed by atoms with E-state index in [2.05, 4.69) is 60.4 Å². The molecule has 0 amide bonds. The first-order valence-corrected chi connectivity index (χ1v) is 8.44. The Kier molecular flexibility index (Phi) is 6.25. The fourth-order valence-corrected chi connectivity index (χ4v) is 2.97. The third kappa shape index (κ3) is 5.02. The van der Waals surface area contributed by atoms with Gasteiger partial charge in [-0.1, -0.05) is 26.0 Å². The average molecular weight is 302 g/mol. The van der Waals surface area contributed by atoms with Crippen LogP contribution in [0, 0.1) is 5.92 Å². The van der Waals surface area contributed by atoms with Gasteiger partial charge in [0.2, 0.25) is 0 Å². The minimum absolute atomic E-state index is 0.518. The maximum atomic E-state index is 6.01. The second kappa shape index (κ2) is 8.18. The van der Waals surface area contributed by atoms with Crippen molar-refractivity contribution in [3.05, 3.63) is 29.8 Å². The molecule has 2 atom stereocenters. The Morgan fingerprint density at radius 1 is 1.41 bits per heavy atom. The molecular formula is C18H30N4. The van der Waals surface area contributed by atoms with Gasteiger partial charge in [-0.25, -0.2) is 0 Å². The third-order valence-electron chi connectivity index (χ3n) is 4.61. The number of aliphatic imine (C=N–C) groups is 1. The van der Waals surface area contributed by atoms with Gasteiger partial charge in [-0.05, 0) is 62.4 Å². The Morgan fingerprint density at radius 3 is 2.77 bits per heavy atom. The molecule has 0 saturated carbocycles. The molecule has 1 fully saturated rings. The molecule has 1 aromatic carbocycles. The van der Waals surface area contributed by atoms with E-state index < -0.39 is 0 Å². The lowest BCUT2D eigenvalue weighted by molar-refractivity contribution is 0.214. The van der Waals surface area contributed by atoms with Crippen LogP contribution in [-0.4, -0.2) is 37.5 Å². The molecule has 0 aliphatic carbocycles. The van der Waals surface area contributed by atoms with Gasteiger partial charge < -0.3 is 16.0 Å². The van der Waals surface area contributed by atoms with E-state index in [9.17, 15) is 0 Å². The molecule has 0 bridgehead atoms. The molecule has 22 heavy (non-hydrogen) atoms. The van der Waals surface area contributed by atoms with E-state index in [1.165, 1.54) is 24.9 Å². The number of hydrogen-bond acceptors (Lipinski definition) is 2. The van der Waals surface area contributed by atoms with Crippen molar-refractivity contribution in [1.82, 2.24) is 4.90 Å². The zero-order valence-corrected chi connectivity index (χ0v) is 14.2. The van der Waals surface area contributed by atoms with Crippen LogP contribution in [-0.2, 0) is 0 Å². The number of hydrogen-bond donors (Lipinski definition) is 2. The van der Waals surface area contributed by atoms with Gasteiger partial charge in [0.15, 0.2) is 5.96 Å². The summed E-state index contributed by atoms with van der Waals surface area (Å²) >= 11 is 0. The molecule has 1 aliphatic heterocycles. The fourth-order valence-electron chi connectivity index (χ4n) is 2.97. The predicted molar refractivity (Wildman–Crippen MR) is 95.5 cm³/mol. The highest BCUT2D eigenvalue weighted by atomic mass is 15.1. The van der Waals surface area contributed by atoms with Crippen molar-refractivity contribution >= 4 is 11.6 Å². The second-order valence-corrected chi connectivity index (χ2v) is 6.55. The highest BCUT2D eigenvalue weighted by molar-refractivity contribution is 5.92. The molecule has 0 spiro atoms. The number of anilines is 1. The number of nitrogens with zero attached hydrogens (tertiary/aromatic N) is 2. The summed E-state index contributed by atoms with van der Waals surface area (Å²) in [4.78, 5) is 6.88. The maximum Gasteiger partial charge on any atom is 0.193 e. The minimum Gasteiger partial charge on any atom is -0.370 e. The van der Waals surface area contributed by atoms with E-state index in [0.29, 0.717) is 17.8 Å². The maximum absolute atomic E-state index is 6.01. The van der Waals surface area contributed by atoms with Gasteiger partial charge in [0, 0.05) is 18.8 Å². The van der Waals surface area contributed by atoms with E-state index in [1.54, 1.807) is 0 Å². The normalized spacial score (nSPS) is 21.6. The quantitative estimate of drug-likeness (QED) is 0.648. The first-order valence-electron chi connectivity index (χ1n) is 8.44. The number of piperidine rings is 1. The van der Waals surface area contributed by atoms with E-state index in [0.717, 1.165) is 25.2 Å². The molecule has 122 valence electrons. The lowest BCUT2D eigenvalue weighted by Crippen LogP contribution is -2.34. The van der Waals surface area contributed by atoms with Crippen LogP contribution in [0.15, 0.2) is 29.3 Å². The van der Waals surface area contributed by atoms with Gasteiger partial charge in [0.1, 0.15) is 0 Å². The number of nitrogens with one attached hydrogen (secondary N) is 1. The van der Waals surface area contributed by atoms with Gasteiger partial charge in [0.25, 0.3) is 0 Å². The third-order valence-corrected chi connectivity index (χ3v) is 4.61. The first-order chi connectivity index (χ1) is 10.6. The van der Waals surface area contributed by atoms with Gasteiger partial charge in [-0.15, -0.1) is 0 Å². The summed E-state index contributed by atoms with van der Waals surface area (Å²) in [7, 11) is 2.18. The van der Waals surface area contributed by atoms with Crippen LogP contribution < -0.4 is 11.1 Å². The number of guanidine groups is 1. The van der Waals surface area contributed by atoms with Crippen LogP contribution in [0.25, 0.3) is 0 Å². The molecule has 1 heterocycles. The summed E-state index contributed by atoms with van der Waals surface area (Å²) in [5.41, 5.74) is 8.38. The molecule has 1 saturated heterocycles. The molecular weight excluding hydrogens is 272 g/mol. The average Bonchev–Trinajstić information content (AvgIpc) is 2.53. The summed E-state index contributed by atoms with van der Waals surface area (Å²) < 4.78 is 0. The van der Waals surface area contributed by atoms with Gasteiger partial charge >= 0.3 is 0 Å². The Morgan fingerprint density at radius 2 is 2.14 bits per heavy atom. The highest BCUT2D eigenvalue weighted by Crippen LogP contribution is 2.20. The second-order valence-electron chi connectivity index (χ2n) is 6.55. The minimum atomic E-state index is 0.518. The molecule has 2 unspecified atom stereocenters. The smallest absolute Gasteiger partial charge is 0.193 e. The van der Waals surface area contributed by atoms with Crippen molar-refractivity contribution in [1.29, 1.82) is 0 Å². The summed E-state index contributed by atoms with van der Waals surface area (Å²) in [5, 5.41) is 3.19. The molecule has 1 aliphatic rings. The molecule has 0 radical (unpaired) electrons. The summed E-state index contributed by atoms with van der Waals surface area (Å²) in [6, 6.07) is 8.50. The van der Waals surface area contributed by atoms with Gasteiger partial charge in [-0.2, -0.15) is 0 Å². The van der Waals surface area contributed by atoms with Crippen LogP contribution in [0.4, 0.5) is 5.69 Å². The fraction of sp³-hybridized carbons (Fsp3) is 0.611. The van der Waals surface area contributed by atoms with Crippen molar-refractivity contribution in [2.45, 2.75) is 39.0 Å². The standard InChI is InChI=1S/C18H30N4/c1-4-14(2)16-7-9-17(10-8-16)21-18(19)20-12-15-6-5-11-22(3)13-15/h7-10,14-15H,4-6,11-13H2,1-3H3,(H3,19,20,21). The largest absolute Gasteiger partial charge is 0.370 e. The van der Waals surface area contributed by atoms with Crippen molar-refractivity contribution < 1.29 is 0 Å². The summed E-state index contributed by atoms with van der Waals surface area (Å²) in [6.45, 7) is 7.61. The monoisotopic (exact) mass is 302 g/mol. The molecule has 4 heteroatoms. The van der Waals surface area contributed by atoms with Gasteiger partial charge in [-0.3, -0.25) is 4.99 Å². The van der Waals surface area contributed by atoms with E-state index in [4.69, 9.17) is 5.73 Å².